The summed E-state index contributed by atoms with van der Waals surface area (Å²) in [5.41, 5.74) is 0.484. The highest BCUT2D eigenvalue weighted by atomic mass is 32.2. The van der Waals surface area contributed by atoms with Gasteiger partial charge in [0.05, 0.1) is 23.6 Å². The van der Waals surface area contributed by atoms with Gasteiger partial charge in [-0.15, -0.1) is 0 Å². The van der Waals surface area contributed by atoms with E-state index in [1.54, 1.807) is 7.05 Å². The zero-order chi connectivity index (χ0) is 13.3. The number of likely N-dealkylation sites (N-methyl/N-ethyl adjacent to an activating group) is 1. The third-order valence-electron chi connectivity index (χ3n) is 3.37. The van der Waals surface area contributed by atoms with Gasteiger partial charge >= 0.3 is 0 Å². The van der Waals surface area contributed by atoms with E-state index >= 15 is 0 Å². The lowest BCUT2D eigenvalue weighted by atomic mass is 10.2. The van der Waals surface area contributed by atoms with Gasteiger partial charge in [-0.25, -0.2) is 8.42 Å². The summed E-state index contributed by atoms with van der Waals surface area (Å²) in [7, 11) is -1.97. The molecule has 0 bridgehead atoms. The van der Waals surface area contributed by atoms with Crippen LogP contribution in [0.5, 0.6) is 0 Å². The van der Waals surface area contributed by atoms with Gasteiger partial charge in [-0.1, -0.05) is 0 Å². The first-order chi connectivity index (χ1) is 8.46. The average Bonchev–Trinajstić information content (AvgIpc) is 2.96. The topological polar surface area (TPSA) is 82.6 Å². The van der Waals surface area contributed by atoms with E-state index < -0.39 is 10.0 Å². The van der Waals surface area contributed by atoms with E-state index in [2.05, 4.69) is 4.98 Å². The van der Waals surface area contributed by atoms with Crippen LogP contribution in [0.1, 0.15) is 19.0 Å². The van der Waals surface area contributed by atoms with Gasteiger partial charge in [0, 0.05) is 25.5 Å². The molecule has 6 nitrogen and oxygen atoms in total. The number of H-pyrrole nitrogens is 1. The predicted octanol–water partition coefficient (Wildman–Crippen LogP) is 0.305. The Hall–Kier alpha value is -0.890. The molecule has 1 saturated heterocycles. The Bertz CT molecular complexity index is 511. The minimum atomic E-state index is -3.53. The fourth-order valence-electron chi connectivity index (χ4n) is 2.20. The molecule has 7 heteroatoms. The minimum absolute atomic E-state index is 0.0963. The molecule has 1 aromatic rings. The summed E-state index contributed by atoms with van der Waals surface area (Å²) < 4.78 is 31.5. The molecule has 0 spiro atoms. The lowest BCUT2D eigenvalue weighted by Crippen LogP contribution is -2.40. The molecular weight excluding hydrogens is 256 g/mol. The number of nitrogens with one attached hydrogen (secondary N) is 1. The summed E-state index contributed by atoms with van der Waals surface area (Å²) in [5.74, 6) is 0. The van der Waals surface area contributed by atoms with E-state index in [1.807, 2.05) is 6.92 Å². The molecule has 1 aliphatic rings. The normalized spacial score (nSPS) is 24.9. The second-order valence-corrected chi connectivity index (χ2v) is 6.47. The third-order valence-corrected chi connectivity index (χ3v) is 5.23. The van der Waals surface area contributed by atoms with Gasteiger partial charge in [-0.2, -0.15) is 4.31 Å². The van der Waals surface area contributed by atoms with E-state index in [4.69, 9.17) is 9.84 Å². The molecule has 2 rings (SSSR count). The predicted molar refractivity (Wildman–Crippen MR) is 65.5 cm³/mol. The fourth-order valence-corrected chi connectivity index (χ4v) is 3.67. The van der Waals surface area contributed by atoms with Gasteiger partial charge in [-0.05, 0) is 19.4 Å². The molecule has 0 saturated carbocycles. The first-order valence-electron chi connectivity index (χ1n) is 5.84. The second kappa shape index (κ2) is 5.00. The Morgan fingerprint density at radius 1 is 1.61 bits per heavy atom. The maximum absolute atomic E-state index is 12.4. The van der Waals surface area contributed by atoms with Crippen LogP contribution < -0.4 is 0 Å². The molecule has 2 N–H and O–H groups in total. The Kier molecular flexibility index (Phi) is 3.76. The lowest BCUT2D eigenvalue weighted by Gasteiger charge is -2.25. The molecule has 18 heavy (non-hydrogen) atoms. The van der Waals surface area contributed by atoms with Crippen molar-refractivity contribution in [2.24, 2.45) is 0 Å². The first-order valence-corrected chi connectivity index (χ1v) is 7.28. The number of rotatable bonds is 4. The SMILES string of the molecule is CC1OCCC1N(C)S(=O)(=O)c1c[nH]c(CO)c1. The van der Waals surface area contributed by atoms with E-state index in [0.717, 1.165) is 0 Å². The summed E-state index contributed by atoms with van der Waals surface area (Å²) in [5, 5.41) is 8.95. The van der Waals surface area contributed by atoms with Gasteiger partial charge in [0.1, 0.15) is 0 Å². The van der Waals surface area contributed by atoms with Crippen molar-refractivity contribution in [3.63, 3.8) is 0 Å². The Morgan fingerprint density at radius 2 is 2.33 bits per heavy atom. The highest BCUT2D eigenvalue weighted by Gasteiger charge is 2.35. The molecule has 2 unspecified atom stereocenters. The van der Waals surface area contributed by atoms with Crippen molar-refractivity contribution < 1.29 is 18.3 Å². The smallest absolute Gasteiger partial charge is 0.244 e. The van der Waals surface area contributed by atoms with Crippen molar-refractivity contribution in [1.82, 2.24) is 9.29 Å². The van der Waals surface area contributed by atoms with Gasteiger partial charge < -0.3 is 14.8 Å². The van der Waals surface area contributed by atoms with Gasteiger partial charge in [0.15, 0.2) is 0 Å². The van der Waals surface area contributed by atoms with Gasteiger partial charge in [0.25, 0.3) is 0 Å². The average molecular weight is 274 g/mol. The zero-order valence-electron chi connectivity index (χ0n) is 10.5. The summed E-state index contributed by atoms with van der Waals surface area (Å²) in [4.78, 5) is 2.91. The fraction of sp³-hybridized carbons (Fsp3) is 0.636. The molecule has 1 aromatic heterocycles. The number of aromatic nitrogens is 1. The van der Waals surface area contributed by atoms with Crippen molar-refractivity contribution >= 4 is 10.0 Å². The van der Waals surface area contributed by atoms with Crippen LogP contribution in [0.25, 0.3) is 0 Å². The van der Waals surface area contributed by atoms with Crippen molar-refractivity contribution in [2.75, 3.05) is 13.7 Å². The monoisotopic (exact) mass is 274 g/mol. The van der Waals surface area contributed by atoms with Crippen molar-refractivity contribution in [2.45, 2.75) is 37.0 Å². The summed E-state index contributed by atoms with van der Waals surface area (Å²) in [6, 6.07) is 1.31. The number of ether oxygens (including phenoxy) is 1. The number of hydrogen-bond donors (Lipinski definition) is 2. The van der Waals surface area contributed by atoms with E-state index in [1.165, 1.54) is 16.6 Å². The zero-order valence-corrected chi connectivity index (χ0v) is 11.3. The van der Waals surface area contributed by atoms with E-state index in [-0.39, 0.29) is 23.6 Å². The lowest BCUT2D eigenvalue weighted by molar-refractivity contribution is 0.102. The van der Waals surface area contributed by atoms with E-state index in [0.29, 0.717) is 18.7 Å². The highest BCUT2D eigenvalue weighted by Crippen LogP contribution is 2.24. The maximum atomic E-state index is 12.4. The molecule has 2 heterocycles. The molecule has 102 valence electrons. The van der Waals surface area contributed by atoms with Crippen LogP contribution >= 0.6 is 0 Å². The standard InChI is InChI=1S/C11H18N2O4S/c1-8-11(3-4-17-8)13(2)18(15,16)10-5-9(7-14)12-6-10/h5-6,8,11-12,14H,3-4,7H2,1-2H3. The second-order valence-electron chi connectivity index (χ2n) is 4.47. The Balaban J connectivity index is 2.24. The van der Waals surface area contributed by atoms with Crippen LogP contribution in [0.4, 0.5) is 0 Å². The van der Waals surface area contributed by atoms with Crippen LogP contribution in [-0.4, -0.2) is 48.6 Å². The molecule has 0 radical (unpaired) electrons. The van der Waals surface area contributed by atoms with Crippen molar-refractivity contribution in [1.29, 1.82) is 0 Å². The number of hydrogen-bond acceptors (Lipinski definition) is 4. The Morgan fingerprint density at radius 3 is 2.83 bits per heavy atom. The van der Waals surface area contributed by atoms with Crippen LogP contribution in [0.15, 0.2) is 17.2 Å². The van der Waals surface area contributed by atoms with Crippen molar-refractivity contribution in [3.05, 3.63) is 18.0 Å². The number of aliphatic hydroxyl groups excluding tert-OH is 1. The van der Waals surface area contributed by atoms with E-state index in [9.17, 15) is 8.42 Å². The largest absolute Gasteiger partial charge is 0.390 e. The summed E-state index contributed by atoms with van der Waals surface area (Å²) in [6.07, 6.45) is 2.01. The summed E-state index contributed by atoms with van der Waals surface area (Å²) in [6.45, 7) is 2.25. The molecule has 0 amide bonds. The molecule has 0 aromatic carbocycles. The number of nitrogens with zero attached hydrogens (tertiary/aromatic N) is 1. The number of aliphatic hydroxyl groups is 1. The summed E-state index contributed by atoms with van der Waals surface area (Å²) >= 11 is 0. The van der Waals surface area contributed by atoms with Crippen LogP contribution in [0.3, 0.4) is 0 Å². The molecule has 1 aliphatic heterocycles. The third kappa shape index (κ3) is 2.31. The number of sulfonamides is 1. The highest BCUT2D eigenvalue weighted by molar-refractivity contribution is 7.89. The maximum Gasteiger partial charge on any atom is 0.244 e. The number of aromatic amines is 1. The molecule has 0 aliphatic carbocycles. The molecule has 1 fully saturated rings. The molecular formula is C11H18N2O4S. The van der Waals surface area contributed by atoms with Crippen LogP contribution in [0.2, 0.25) is 0 Å². The van der Waals surface area contributed by atoms with Crippen LogP contribution in [-0.2, 0) is 21.4 Å². The van der Waals surface area contributed by atoms with Crippen molar-refractivity contribution in [3.8, 4) is 0 Å². The van der Waals surface area contributed by atoms with Gasteiger partial charge in [0.2, 0.25) is 10.0 Å². The first kappa shape index (κ1) is 13.5. The van der Waals surface area contributed by atoms with Crippen LogP contribution in [0, 0.1) is 0 Å². The van der Waals surface area contributed by atoms with Gasteiger partial charge in [-0.3, -0.25) is 0 Å². The molecule has 2 atom stereocenters. The quantitative estimate of drug-likeness (QED) is 0.827. The minimum Gasteiger partial charge on any atom is -0.390 e. The Labute approximate surface area is 107 Å².